The molecular formula is C10H14ClF3N2O3S. The van der Waals surface area contributed by atoms with Crippen LogP contribution in [0.25, 0.3) is 0 Å². The van der Waals surface area contributed by atoms with Crippen LogP contribution in [0.1, 0.15) is 19.5 Å². The fourth-order valence-corrected chi connectivity index (χ4v) is 2.45. The van der Waals surface area contributed by atoms with Crippen molar-refractivity contribution >= 4 is 19.7 Å². The summed E-state index contributed by atoms with van der Waals surface area (Å²) in [6.07, 6.45) is -3.73. The quantitative estimate of drug-likeness (QED) is 0.750. The van der Waals surface area contributed by atoms with E-state index >= 15 is 0 Å². The molecule has 10 heteroatoms. The third-order valence-electron chi connectivity index (χ3n) is 2.19. The molecule has 0 aliphatic heterocycles. The maximum Gasteiger partial charge on any atom is 0.408 e. The van der Waals surface area contributed by atoms with E-state index in [0.29, 0.717) is 4.68 Å². The van der Waals surface area contributed by atoms with Gasteiger partial charge in [-0.3, -0.25) is 4.68 Å². The van der Waals surface area contributed by atoms with Crippen molar-refractivity contribution in [2.75, 3.05) is 6.61 Å². The van der Waals surface area contributed by atoms with Gasteiger partial charge in [-0.1, -0.05) is 13.8 Å². The lowest BCUT2D eigenvalue weighted by molar-refractivity contribution is -0.143. The van der Waals surface area contributed by atoms with Crippen molar-refractivity contribution in [3.8, 4) is 0 Å². The van der Waals surface area contributed by atoms with E-state index in [2.05, 4.69) is 5.10 Å². The minimum absolute atomic E-state index is 0.157. The second kappa shape index (κ2) is 6.31. The normalized spacial score (nSPS) is 13.2. The highest BCUT2D eigenvalue weighted by Gasteiger charge is 2.31. The van der Waals surface area contributed by atoms with Crippen molar-refractivity contribution in [1.29, 1.82) is 0 Å². The Kier molecular flexibility index (Phi) is 5.45. The molecule has 0 amide bonds. The summed E-state index contributed by atoms with van der Waals surface area (Å²) in [5, 5.41) is 3.42. The minimum atomic E-state index is -4.52. The Morgan fingerprint density at radius 3 is 2.50 bits per heavy atom. The molecule has 1 aromatic rings. The van der Waals surface area contributed by atoms with Gasteiger partial charge < -0.3 is 4.74 Å². The van der Waals surface area contributed by atoms with Gasteiger partial charge in [0.1, 0.15) is 11.4 Å². The van der Waals surface area contributed by atoms with Gasteiger partial charge in [0.05, 0.1) is 18.5 Å². The van der Waals surface area contributed by atoms with E-state index in [1.54, 1.807) is 0 Å². The highest BCUT2D eigenvalue weighted by Crippen LogP contribution is 2.24. The van der Waals surface area contributed by atoms with Crippen molar-refractivity contribution in [2.24, 2.45) is 5.92 Å². The maximum atomic E-state index is 12.4. The maximum absolute atomic E-state index is 12.4. The standard InChI is InChI=1S/C10H14ClF3N2O3S/c1-7(2)4-19-5-8-9(20(11,17)18)3-15-16(8)6-10(12,13)14/h3,7H,4-6H2,1-2H3. The Balaban J connectivity index is 3.04. The Labute approximate surface area is 119 Å². The van der Waals surface area contributed by atoms with Crippen molar-refractivity contribution in [3.63, 3.8) is 0 Å². The number of alkyl halides is 3. The Hall–Kier alpha value is -0.800. The monoisotopic (exact) mass is 334 g/mol. The highest BCUT2D eigenvalue weighted by molar-refractivity contribution is 8.13. The third kappa shape index (κ3) is 5.29. The molecule has 0 radical (unpaired) electrons. The van der Waals surface area contributed by atoms with Gasteiger partial charge in [0, 0.05) is 17.3 Å². The van der Waals surface area contributed by atoms with Crippen LogP contribution in [0.5, 0.6) is 0 Å². The van der Waals surface area contributed by atoms with Crippen molar-refractivity contribution in [1.82, 2.24) is 9.78 Å². The van der Waals surface area contributed by atoms with Crippen LogP contribution >= 0.6 is 10.7 Å². The van der Waals surface area contributed by atoms with Crippen LogP contribution in [0.3, 0.4) is 0 Å². The molecular weight excluding hydrogens is 321 g/mol. The van der Waals surface area contributed by atoms with Crippen molar-refractivity contribution in [3.05, 3.63) is 11.9 Å². The summed E-state index contributed by atoms with van der Waals surface area (Å²) in [5.74, 6) is 0.157. The summed E-state index contributed by atoms with van der Waals surface area (Å²) < 4.78 is 65.5. The second-order valence-electron chi connectivity index (χ2n) is 4.58. The van der Waals surface area contributed by atoms with Gasteiger partial charge >= 0.3 is 6.18 Å². The molecule has 20 heavy (non-hydrogen) atoms. The van der Waals surface area contributed by atoms with Crippen molar-refractivity contribution in [2.45, 2.75) is 38.1 Å². The average molecular weight is 335 g/mol. The van der Waals surface area contributed by atoms with Gasteiger partial charge in [0.15, 0.2) is 0 Å². The second-order valence-corrected chi connectivity index (χ2v) is 7.11. The molecule has 0 N–H and O–H groups in total. The van der Waals surface area contributed by atoms with E-state index in [1.807, 2.05) is 13.8 Å². The van der Waals surface area contributed by atoms with Crippen LogP contribution in [-0.2, 0) is 26.9 Å². The zero-order valence-electron chi connectivity index (χ0n) is 10.8. The van der Waals surface area contributed by atoms with Crippen molar-refractivity contribution < 1.29 is 26.3 Å². The largest absolute Gasteiger partial charge is 0.408 e. The number of nitrogens with zero attached hydrogens (tertiary/aromatic N) is 2. The molecule has 0 fully saturated rings. The summed E-state index contributed by atoms with van der Waals surface area (Å²) in [6.45, 7) is 2.27. The topological polar surface area (TPSA) is 61.2 Å². The fourth-order valence-electron chi connectivity index (χ4n) is 1.44. The molecule has 5 nitrogen and oxygen atoms in total. The highest BCUT2D eigenvalue weighted by atomic mass is 35.7. The van der Waals surface area contributed by atoms with Crippen LogP contribution in [0.2, 0.25) is 0 Å². The first kappa shape index (κ1) is 17.3. The molecule has 0 saturated carbocycles. The van der Waals surface area contributed by atoms with E-state index in [1.165, 1.54) is 0 Å². The smallest absolute Gasteiger partial charge is 0.375 e. The van der Waals surface area contributed by atoms with Gasteiger partial charge in [-0.15, -0.1) is 0 Å². The zero-order chi connectivity index (χ0) is 15.6. The molecule has 0 aliphatic rings. The van der Waals surface area contributed by atoms with E-state index in [4.69, 9.17) is 15.4 Å². The number of hydrogen-bond acceptors (Lipinski definition) is 4. The van der Waals surface area contributed by atoms with Crippen LogP contribution in [0, 0.1) is 5.92 Å². The molecule has 1 aromatic heterocycles. The van der Waals surface area contributed by atoms with E-state index in [-0.39, 0.29) is 24.8 Å². The number of halogens is 4. The molecule has 0 aliphatic carbocycles. The van der Waals surface area contributed by atoms with Gasteiger partial charge in [-0.05, 0) is 5.92 Å². The summed E-state index contributed by atoms with van der Waals surface area (Å²) in [4.78, 5) is -0.466. The molecule has 0 spiro atoms. The lowest BCUT2D eigenvalue weighted by Gasteiger charge is -2.12. The van der Waals surface area contributed by atoms with Gasteiger partial charge in [-0.2, -0.15) is 18.3 Å². The lowest BCUT2D eigenvalue weighted by atomic mass is 10.2. The van der Waals surface area contributed by atoms with E-state index in [9.17, 15) is 21.6 Å². The number of hydrogen-bond donors (Lipinski definition) is 0. The Morgan fingerprint density at radius 2 is 2.05 bits per heavy atom. The molecule has 0 aromatic carbocycles. The minimum Gasteiger partial charge on any atom is -0.375 e. The molecule has 0 unspecified atom stereocenters. The Bertz CT molecular complexity index is 555. The van der Waals surface area contributed by atoms with Crippen LogP contribution in [-0.4, -0.2) is 31.0 Å². The third-order valence-corrected chi connectivity index (χ3v) is 3.56. The molecule has 1 heterocycles. The number of ether oxygens (including phenoxy) is 1. The zero-order valence-corrected chi connectivity index (χ0v) is 12.4. The average Bonchev–Trinajstić information content (AvgIpc) is 2.57. The summed E-state index contributed by atoms with van der Waals surface area (Å²) in [6, 6.07) is 0. The molecule has 1 rings (SSSR count). The molecule has 0 bridgehead atoms. The van der Waals surface area contributed by atoms with Gasteiger partial charge in [0.2, 0.25) is 0 Å². The SMILES string of the molecule is CC(C)COCc1c(S(=O)(=O)Cl)cnn1CC(F)(F)F. The fraction of sp³-hybridized carbons (Fsp3) is 0.700. The molecule has 0 atom stereocenters. The van der Waals surface area contributed by atoms with Crippen LogP contribution in [0.4, 0.5) is 13.2 Å². The Morgan fingerprint density at radius 1 is 1.45 bits per heavy atom. The van der Waals surface area contributed by atoms with Crippen LogP contribution in [0.15, 0.2) is 11.1 Å². The summed E-state index contributed by atoms with van der Waals surface area (Å²) in [5.41, 5.74) is -0.210. The molecule has 116 valence electrons. The first-order valence-electron chi connectivity index (χ1n) is 5.64. The van der Waals surface area contributed by atoms with E-state index in [0.717, 1.165) is 6.20 Å². The molecule has 0 saturated heterocycles. The predicted molar refractivity (Wildman–Crippen MR) is 65.8 cm³/mol. The van der Waals surface area contributed by atoms with Gasteiger partial charge in [0.25, 0.3) is 9.05 Å². The number of aromatic nitrogens is 2. The first-order chi connectivity index (χ1) is 9.00. The lowest BCUT2D eigenvalue weighted by Crippen LogP contribution is -2.21. The van der Waals surface area contributed by atoms with Gasteiger partial charge in [-0.25, -0.2) is 8.42 Å². The van der Waals surface area contributed by atoms with E-state index < -0.39 is 26.7 Å². The summed E-state index contributed by atoms with van der Waals surface area (Å²) >= 11 is 0. The summed E-state index contributed by atoms with van der Waals surface area (Å²) in [7, 11) is 0.994. The number of rotatable bonds is 6. The first-order valence-corrected chi connectivity index (χ1v) is 7.95. The predicted octanol–water partition coefficient (Wildman–Crippen LogP) is 2.55. The van der Waals surface area contributed by atoms with Crippen LogP contribution < -0.4 is 0 Å².